The van der Waals surface area contributed by atoms with Crippen LogP contribution in [0.2, 0.25) is 0 Å². The molecular weight excluding hydrogens is 399 g/mol. The second-order valence-corrected chi connectivity index (χ2v) is 7.91. The van der Waals surface area contributed by atoms with Crippen molar-refractivity contribution in [3.8, 4) is 16.9 Å². The summed E-state index contributed by atoms with van der Waals surface area (Å²) in [5, 5.41) is 10.7. The molecule has 1 aromatic heterocycles. The van der Waals surface area contributed by atoms with Crippen LogP contribution in [0.4, 0.5) is 4.39 Å². The molecule has 0 aliphatic heterocycles. The van der Waals surface area contributed by atoms with E-state index in [1.54, 1.807) is 36.4 Å². The summed E-state index contributed by atoms with van der Waals surface area (Å²) in [4.78, 5) is 24.8. The normalized spacial score (nSPS) is 11.3. The molecule has 0 saturated heterocycles. The van der Waals surface area contributed by atoms with E-state index in [1.807, 2.05) is 24.3 Å². The van der Waals surface area contributed by atoms with Crippen molar-refractivity contribution in [2.45, 2.75) is 6.92 Å². The fourth-order valence-electron chi connectivity index (χ4n) is 3.27. The molecule has 0 unspecified atom stereocenters. The van der Waals surface area contributed by atoms with Gasteiger partial charge < -0.3 is 5.11 Å². The quantitative estimate of drug-likeness (QED) is 0.309. The second kappa shape index (κ2) is 8.05. The van der Waals surface area contributed by atoms with E-state index in [2.05, 4.69) is 0 Å². The monoisotopic (exact) mass is 416 g/mol. The Labute approximate surface area is 176 Å². The average Bonchev–Trinajstić information content (AvgIpc) is 3.11. The number of phenols is 1. The number of fused-ring (bicyclic) bond motifs is 1. The molecule has 0 atom stereocenters. The minimum Gasteiger partial charge on any atom is -0.508 e. The fraction of sp³-hybridized carbons (Fsp3) is 0.0400. The van der Waals surface area contributed by atoms with Crippen LogP contribution in [0.15, 0.2) is 72.8 Å². The third-order valence-corrected chi connectivity index (χ3v) is 5.86. The maximum absolute atomic E-state index is 14.3. The predicted molar refractivity (Wildman–Crippen MR) is 118 cm³/mol. The van der Waals surface area contributed by atoms with Crippen LogP contribution < -0.4 is 0 Å². The number of carbonyl (C=O) groups excluding carboxylic acids is 2. The van der Waals surface area contributed by atoms with Crippen LogP contribution in [-0.4, -0.2) is 16.7 Å². The minimum absolute atomic E-state index is 0.00976. The van der Waals surface area contributed by atoms with Gasteiger partial charge in [-0.3, -0.25) is 9.59 Å². The molecule has 3 aromatic carbocycles. The molecule has 0 radical (unpaired) electrons. The van der Waals surface area contributed by atoms with Gasteiger partial charge in [-0.25, -0.2) is 4.39 Å². The maximum Gasteiger partial charge on any atom is 0.206 e. The molecule has 3 nitrogen and oxygen atoms in total. The first-order valence-corrected chi connectivity index (χ1v) is 10.1. The lowest BCUT2D eigenvalue weighted by molar-refractivity contribution is -0.112. The van der Waals surface area contributed by atoms with Crippen molar-refractivity contribution < 1.29 is 19.1 Å². The van der Waals surface area contributed by atoms with E-state index in [1.165, 1.54) is 36.5 Å². The van der Waals surface area contributed by atoms with E-state index in [0.29, 0.717) is 10.4 Å². The average molecular weight is 416 g/mol. The molecule has 0 bridgehead atoms. The molecule has 0 aliphatic carbocycles. The highest BCUT2D eigenvalue weighted by Crippen LogP contribution is 2.41. The number of hydrogen-bond acceptors (Lipinski definition) is 4. The lowest BCUT2D eigenvalue weighted by atomic mass is 9.97. The summed E-state index contributed by atoms with van der Waals surface area (Å²) in [6.07, 6.45) is 3.21. The van der Waals surface area contributed by atoms with Gasteiger partial charge in [-0.2, -0.15) is 0 Å². The predicted octanol–water partition coefficient (Wildman–Crippen LogP) is 6.25. The molecule has 1 N–H and O–H groups in total. The number of rotatable bonds is 5. The van der Waals surface area contributed by atoms with Gasteiger partial charge in [-0.15, -0.1) is 11.3 Å². The van der Waals surface area contributed by atoms with Crippen molar-refractivity contribution in [2.24, 2.45) is 0 Å². The van der Waals surface area contributed by atoms with Crippen LogP contribution in [0, 0.1) is 5.82 Å². The molecule has 4 rings (SSSR count). The van der Waals surface area contributed by atoms with Crippen molar-refractivity contribution >= 4 is 39.1 Å². The van der Waals surface area contributed by atoms with Crippen molar-refractivity contribution in [1.29, 1.82) is 0 Å². The van der Waals surface area contributed by atoms with Crippen LogP contribution in [-0.2, 0) is 4.79 Å². The molecule has 30 heavy (non-hydrogen) atoms. The lowest BCUT2D eigenvalue weighted by Gasteiger charge is -2.07. The largest absolute Gasteiger partial charge is 0.508 e. The Bertz CT molecular complexity index is 1300. The van der Waals surface area contributed by atoms with Crippen molar-refractivity contribution in [1.82, 2.24) is 0 Å². The smallest absolute Gasteiger partial charge is 0.206 e. The first kappa shape index (κ1) is 19.7. The van der Waals surface area contributed by atoms with Gasteiger partial charge in [0, 0.05) is 15.6 Å². The highest BCUT2D eigenvalue weighted by Gasteiger charge is 2.23. The number of allylic oxidation sites excluding steroid dienone is 1. The number of phenolic OH excluding ortho intramolecular Hbond substituents is 1. The van der Waals surface area contributed by atoms with Crippen LogP contribution in [0.5, 0.6) is 5.75 Å². The Kier molecular flexibility index (Phi) is 5.29. The number of benzene rings is 3. The van der Waals surface area contributed by atoms with E-state index in [-0.39, 0.29) is 17.1 Å². The number of thiophene rings is 1. The maximum atomic E-state index is 14.3. The number of hydrogen-bond donors (Lipinski definition) is 1. The van der Waals surface area contributed by atoms with Gasteiger partial charge in [0.2, 0.25) is 5.78 Å². The van der Waals surface area contributed by atoms with Gasteiger partial charge in [0.25, 0.3) is 0 Å². The van der Waals surface area contributed by atoms with Crippen molar-refractivity contribution in [3.05, 3.63) is 94.6 Å². The molecule has 1 heterocycles. The van der Waals surface area contributed by atoms with Gasteiger partial charge >= 0.3 is 0 Å². The van der Waals surface area contributed by atoms with Crippen LogP contribution in [0.1, 0.15) is 27.7 Å². The summed E-state index contributed by atoms with van der Waals surface area (Å²) < 4.78 is 15.0. The van der Waals surface area contributed by atoms with E-state index in [0.717, 1.165) is 21.2 Å². The van der Waals surface area contributed by atoms with E-state index >= 15 is 0 Å². The van der Waals surface area contributed by atoms with Gasteiger partial charge in [-0.05, 0) is 54.5 Å². The molecule has 5 heteroatoms. The minimum atomic E-state index is -0.571. The van der Waals surface area contributed by atoms with E-state index in [4.69, 9.17) is 0 Å². The van der Waals surface area contributed by atoms with Crippen molar-refractivity contribution in [3.63, 3.8) is 0 Å². The number of ketones is 2. The molecule has 0 fully saturated rings. The Morgan fingerprint density at radius 3 is 2.43 bits per heavy atom. The summed E-state index contributed by atoms with van der Waals surface area (Å²) in [5.41, 5.74) is 2.36. The number of aromatic hydroxyl groups is 1. The van der Waals surface area contributed by atoms with Gasteiger partial charge in [-0.1, -0.05) is 42.5 Å². The third-order valence-electron chi connectivity index (χ3n) is 4.71. The van der Waals surface area contributed by atoms with Gasteiger partial charge in [0.1, 0.15) is 11.6 Å². The lowest BCUT2D eigenvalue weighted by Crippen LogP contribution is -2.03. The zero-order valence-electron chi connectivity index (χ0n) is 16.1. The summed E-state index contributed by atoms with van der Waals surface area (Å²) in [6.45, 7) is 1.48. The molecule has 0 amide bonds. The van der Waals surface area contributed by atoms with Gasteiger partial charge in [0.05, 0.1) is 10.4 Å². The topological polar surface area (TPSA) is 54.4 Å². The van der Waals surface area contributed by atoms with E-state index < -0.39 is 11.6 Å². The first-order chi connectivity index (χ1) is 14.4. The second-order valence-electron chi connectivity index (χ2n) is 6.86. The Morgan fingerprint density at radius 1 is 1.00 bits per heavy atom. The number of halogens is 1. The fourth-order valence-corrected chi connectivity index (χ4v) is 4.49. The third kappa shape index (κ3) is 3.80. The SMILES string of the molecule is CC(=O)/C=C/c1ccc(-c2c(C(=O)c3ccccc3F)sc3cc(O)ccc23)cc1. The summed E-state index contributed by atoms with van der Waals surface area (Å²) in [7, 11) is 0. The summed E-state index contributed by atoms with van der Waals surface area (Å²) in [6, 6.07) is 18.3. The van der Waals surface area contributed by atoms with Crippen molar-refractivity contribution in [2.75, 3.05) is 0 Å². The molecule has 4 aromatic rings. The van der Waals surface area contributed by atoms with E-state index in [9.17, 15) is 19.1 Å². The van der Waals surface area contributed by atoms with Crippen LogP contribution in [0.3, 0.4) is 0 Å². The standard InChI is InChI=1S/C25H17FO3S/c1-15(27)6-7-16-8-10-17(11-9-16)23-20-13-12-18(28)14-22(20)30-25(23)24(29)19-4-2-3-5-21(19)26/h2-14,28H,1H3/b7-6+. The Hall–Kier alpha value is -3.57. The highest BCUT2D eigenvalue weighted by atomic mass is 32.1. The van der Waals surface area contributed by atoms with Gasteiger partial charge in [0.15, 0.2) is 5.78 Å². The summed E-state index contributed by atoms with van der Waals surface area (Å²) in [5.74, 6) is -0.909. The first-order valence-electron chi connectivity index (χ1n) is 9.28. The zero-order valence-corrected chi connectivity index (χ0v) is 16.9. The van der Waals surface area contributed by atoms with Crippen LogP contribution >= 0.6 is 11.3 Å². The Balaban J connectivity index is 1.88. The number of carbonyl (C=O) groups is 2. The highest BCUT2D eigenvalue weighted by molar-refractivity contribution is 7.21. The Morgan fingerprint density at radius 2 is 1.73 bits per heavy atom. The summed E-state index contributed by atoms with van der Waals surface area (Å²) >= 11 is 1.23. The van der Waals surface area contributed by atoms with Crippen LogP contribution in [0.25, 0.3) is 27.3 Å². The molecule has 0 spiro atoms. The molecule has 0 saturated carbocycles. The zero-order chi connectivity index (χ0) is 21.3. The molecular formula is C25H17FO3S. The molecule has 148 valence electrons. The molecule has 0 aliphatic rings.